The van der Waals surface area contributed by atoms with E-state index in [0.29, 0.717) is 25.1 Å². The maximum absolute atomic E-state index is 14.3. The molecule has 2 fully saturated rings. The number of aromatic nitrogens is 2. The van der Waals surface area contributed by atoms with Crippen molar-refractivity contribution in [3.05, 3.63) is 53.1 Å². The van der Waals surface area contributed by atoms with Gasteiger partial charge in [-0.25, -0.2) is 32.9 Å². The van der Waals surface area contributed by atoms with Crippen LogP contribution in [0.1, 0.15) is 28.5 Å². The SMILES string of the molecule is N#CC1CN(C(=O)c2nc(N3CCN(C(=O)N4N=CCC4c4cc(F)cc(F)c4)CC3)ncc2F)C1. The number of urea groups is 1. The van der Waals surface area contributed by atoms with Crippen molar-refractivity contribution in [1.82, 2.24) is 24.8 Å². The second-order valence-electron chi connectivity index (χ2n) is 8.76. The lowest BCUT2D eigenvalue weighted by Crippen LogP contribution is -2.52. The molecule has 0 saturated carbocycles. The smallest absolute Gasteiger partial charge is 0.337 e. The van der Waals surface area contributed by atoms with Crippen molar-refractivity contribution in [2.45, 2.75) is 12.5 Å². The molecule has 3 aliphatic heterocycles. The molecule has 0 bridgehead atoms. The molecule has 186 valence electrons. The first-order valence-corrected chi connectivity index (χ1v) is 11.4. The van der Waals surface area contributed by atoms with Gasteiger partial charge >= 0.3 is 6.03 Å². The van der Waals surface area contributed by atoms with E-state index in [9.17, 15) is 22.8 Å². The Morgan fingerprint density at radius 2 is 1.69 bits per heavy atom. The van der Waals surface area contributed by atoms with Gasteiger partial charge in [0.05, 0.1) is 24.2 Å². The van der Waals surface area contributed by atoms with Crippen LogP contribution < -0.4 is 4.90 Å². The van der Waals surface area contributed by atoms with Gasteiger partial charge in [0.2, 0.25) is 5.95 Å². The lowest BCUT2D eigenvalue weighted by Gasteiger charge is -2.37. The van der Waals surface area contributed by atoms with Crippen LogP contribution in [-0.4, -0.2) is 82.2 Å². The maximum Gasteiger partial charge on any atom is 0.341 e. The molecule has 36 heavy (non-hydrogen) atoms. The summed E-state index contributed by atoms with van der Waals surface area (Å²) in [5.74, 6) is -2.99. The Morgan fingerprint density at radius 1 is 1.00 bits per heavy atom. The summed E-state index contributed by atoms with van der Waals surface area (Å²) in [5.41, 5.74) is -0.0383. The van der Waals surface area contributed by atoms with Gasteiger partial charge in [0.1, 0.15) is 11.6 Å². The van der Waals surface area contributed by atoms with Crippen LogP contribution in [0.5, 0.6) is 0 Å². The van der Waals surface area contributed by atoms with Gasteiger partial charge in [-0.1, -0.05) is 0 Å². The number of amides is 3. The van der Waals surface area contributed by atoms with Crippen molar-refractivity contribution in [2.24, 2.45) is 11.0 Å². The fourth-order valence-electron chi connectivity index (χ4n) is 4.42. The molecule has 0 radical (unpaired) electrons. The molecule has 0 spiro atoms. The minimum atomic E-state index is -0.843. The molecule has 0 aliphatic carbocycles. The van der Waals surface area contributed by atoms with Crippen LogP contribution in [0.3, 0.4) is 0 Å². The van der Waals surface area contributed by atoms with Crippen LogP contribution in [0, 0.1) is 34.7 Å². The molecule has 1 atom stereocenters. The largest absolute Gasteiger partial charge is 0.341 e. The number of hydrogen-bond acceptors (Lipinski definition) is 7. The number of hydrogen-bond donors (Lipinski definition) is 0. The number of carbonyl (C=O) groups excluding carboxylic acids is 2. The van der Waals surface area contributed by atoms with Crippen LogP contribution in [0.25, 0.3) is 0 Å². The zero-order chi connectivity index (χ0) is 25.4. The summed E-state index contributed by atoms with van der Waals surface area (Å²) in [6.07, 6.45) is 2.81. The normalized spacial score (nSPS) is 19.9. The van der Waals surface area contributed by atoms with Crippen LogP contribution in [0.2, 0.25) is 0 Å². The summed E-state index contributed by atoms with van der Waals surface area (Å²) in [4.78, 5) is 38.5. The molecule has 2 aromatic rings. The van der Waals surface area contributed by atoms with Gasteiger partial charge in [-0.05, 0) is 17.7 Å². The number of anilines is 1. The molecule has 3 amide bonds. The van der Waals surface area contributed by atoms with Crippen LogP contribution in [0.4, 0.5) is 23.9 Å². The molecular formula is C23H21F3N8O2. The van der Waals surface area contributed by atoms with Gasteiger partial charge in [-0.15, -0.1) is 0 Å². The van der Waals surface area contributed by atoms with E-state index in [2.05, 4.69) is 21.1 Å². The van der Waals surface area contributed by atoms with Crippen molar-refractivity contribution in [3.63, 3.8) is 0 Å². The highest BCUT2D eigenvalue weighted by atomic mass is 19.1. The quantitative estimate of drug-likeness (QED) is 0.642. The Morgan fingerprint density at radius 3 is 2.36 bits per heavy atom. The predicted octanol–water partition coefficient (Wildman–Crippen LogP) is 2.16. The standard InChI is InChI=1S/C23H21F3N8O2/c24-16-7-15(8-17(25)9-16)19-1-2-29-34(19)23(36)32-5-3-31(4-6-32)22-28-11-18(26)20(30-22)21(35)33-12-14(10-27)13-33/h2,7-9,11,14,19H,1,3-6,12-13H2. The fourth-order valence-corrected chi connectivity index (χ4v) is 4.42. The van der Waals surface area contributed by atoms with Crippen molar-refractivity contribution < 1.29 is 22.8 Å². The second kappa shape index (κ2) is 9.44. The topological polar surface area (TPSA) is 109 Å². The van der Waals surface area contributed by atoms with Gasteiger partial charge in [0.25, 0.3) is 5.91 Å². The summed E-state index contributed by atoms with van der Waals surface area (Å²) in [7, 11) is 0. The number of nitrogens with zero attached hydrogens (tertiary/aromatic N) is 8. The number of likely N-dealkylation sites (tertiary alicyclic amines) is 1. The van der Waals surface area contributed by atoms with Gasteiger partial charge < -0.3 is 14.7 Å². The number of halogens is 3. The van der Waals surface area contributed by atoms with Gasteiger partial charge in [-0.2, -0.15) is 10.4 Å². The lowest BCUT2D eigenvalue weighted by molar-refractivity contribution is 0.0565. The van der Waals surface area contributed by atoms with E-state index < -0.39 is 35.4 Å². The predicted molar refractivity (Wildman–Crippen MR) is 120 cm³/mol. The third-order valence-electron chi connectivity index (χ3n) is 6.41. The average molecular weight is 498 g/mol. The van der Waals surface area contributed by atoms with E-state index >= 15 is 0 Å². The molecular weight excluding hydrogens is 477 g/mol. The lowest BCUT2D eigenvalue weighted by atomic mass is 10.0. The van der Waals surface area contributed by atoms with Crippen molar-refractivity contribution in [3.8, 4) is 6.07 Å². The highest BCUT2D eigenvalue weighted by Crippen LogP contribution is 2.30. The summed E-state index contributed by atoms with van der Waals surface area (Å²) >= 11 is 0. The van der Waals surface area contributed by atoms with Gasteiger partial charge in [0.15, 0.2) is 11.5 Å². The molecule has 5 rings (SSSR count). The number of rotatable bonds is 3. The van der Waals surface area contributed by atoms with Crippen LogP contribution >= 0.6 is 0 Å². The summed E-state index contributed by atoms with van der Waals surface area (Å²) < 4.78 is 41.7. The highest BCUT2D eigenvalue weighted by molar-refractivity contribution is 5.93. The Balaban J connectivity index is 1.23. The molecule has 1 aromatic carbocycles. The zero-order valence-corrected chi connectivity index (χ0v) is 19.0. The minimum Gasteiger partial charge on any atom is -0.337 e. The number of benzene rings is 1. The van der Waals surface area contributed by atoms with E-state index in [-0.39, 0.29) is 43.7 Å². The van der Waals surface area contributed by atoms with E-state index in [0.717, 1.165) is 12.3 Å². The average Bonchev–Trinajstić information content (AvgIpc) is 3.33. The molecule has 0 N–H and O–H groups in total. The number of hydrazone groups is 1. The Hall–Kier alpha value is -4.21. The Bertz CT molecular complexity index is 1250. The summed E-state index contributed by atoms with van der Waals surface area (Å²) in [6, 6.07) is 4.19. The Labute approximate surface area is 204 Å². The van der Waals surface area contributed by atoms with Gasteiger partial charge in [0, 0.05) is 58.0 Å². The number of carbonyl (C=O) groups is 2. The number of nitriles is 1. The monoisotopic (exact) mass is 498 g/mol. The summed E-state index contributed by atoms with van der Waals surface area (Å²) in [6.45, 7) is 1.66. The van der Waals surface area contributed by atoms with E-state index in [1.807, 2.05) is 0 Å². The van der Waals surface area contributed by atoms with Crippen molar-refractivity contribution >= 4 is 24.1 Å². The molecule has 2 saturated heterocycles. The van der Waals surface area contributed by atoms with Crippen LogP contribution in [-0.2, 0) is 0 Å². The summed E-state index contributed by atoms with van der Waals surface area (Å²) in [5, 5.41) is 14.2. The van der Waals surface area contributed by atoms with Crippen LogP contribution in [0.15, 0.2) is 29.5 Å². The third-order valence-corrected chi connectivity index (χ3v) is 6.41. The Kier molecular flexibility index (Phi) is 6.17. The highest BCUT2D eigenvalue weighted by Gasteiger charge is 2.35. The molecule has 1 aromatic heterocycles. The first-order valence-electron chi connectivity index (χ1n) is 11.4. The molecule has 3 aliphatic rings. The zero-order valence-electron chi connectivity index (χ0n) is 19.0. The molecule has 13 heteroatoms. The first-order chi connectivity index (χ1) is 17.3. The second-order valence-corrected chi connectivity index (χ2v) is 8.76. The van der Waals surface area contributed by atoms with E-state index in [1.165, 1.54) is 28.3 Å². The third kappa shape index (κ3) is 4.41. The van der Waals surface area contributed by atoms with Crippen molar-refractivity contribution in [2.75, 3.05) is 44.2 Å². The molecule has 1 unspecified atom stereocenters. The minimum absolute atomic E-state index is 0.163. The van der Waals surface area contributed by atoms with Gasteiger partial charge in [-0.3, -0.25) is 4.79 Å². The van der Waals surface area contributed by atoms with Crippen molar-refractivity contribution in [1.29, 1.82) is 5.26 Å². The van der Waals surface area contributed by atoms with E-state index in [4.69, 9.17) is 5.26 Å². The maximum atomic E-state index is 14.3. The molecule has 4 heterocycles. The first kappa shape index (κ1) is 23.5. The van der Waals surface area contributed by atoms with E-state index in [1.54, 1.807) is 9.80 Å². The fraction of sp³-hybridized carbons (Fsp3) is 0.391. The molecule has 10 nitrogen and oxygen atoms in total. The number of piperazine rings is 1.